The van der Waals surface area contributed by atoms with E-state index in [2.05, 4.69) is 14.9 Å². The van der Waals surface area contributed by atoms with Gasteiger partial charge in [-0.2, -0.15) is 0 Å². The number of halogens is 1. The summed E-state index contributed by atoms with van der Waals surface area (Å²) in [5.41, 5.74) is 1.84. The van der Waals surface area contributed by atoms with E-state index < -0.39 is 0 Å². The summed E-state index contributed by atoms with van der Waals surface area (Å²) in [6.07, 6.45) is 2.14. The minimum absolute atomic E-state index is 0.128. The molecule has 3 aromatic rings. The molecule has 138 valence electrons. The highest BCUT2D eigenvalue weighted by atomic mass is 35.5. The Morgan fingerprint density at radius 1 is 1.07 bits per heavy atom. The molecule has 3 heterocycles. The summed E-state index contributed by atoms with van der Waals surface area (Å²) in [7, 11) is 0. The molecule has 0 atom stereocenters. The molecular formula is C20H19ClN4OS. The maximum Gasteiger partial charge on any atom is 0.228 e. The van der Waals surface area contributed by atoms with Crippen LogP contribution in [0.3, 0.4) is 0 Å². The van der Waals surface area contributed by atoms with Crippen LogP contribution in [-0.2, 0) is 11.2 Å². The second kappa shape index (κ2) is 8.06. The van der Waals surface area contributed by atoms with E-state index >= 15 is 0 Å². The van der Waals surface area contributed by atoms with Gasteiger partial charge in [-0.05, 0) is 24.3 Å². The summed E-state index contributed by atoms with van der Waals surface area (Å²) in [4.78, 5) is 25.8. The molecule has 5 nitrogen and oxygen atoms in total. The number of benzene rings is 1. The number of hydrogen-bond donors (Lipinski definition) is 0. The summed E-state index contributed by atoms with van der Waals surface area (Å²) in [5, 5.41) is 3.58. The van der Waals surface area contributed by atoms with Crippen LogP contribution in [0.5, 0.6) is 0 Å². The molecule has 1 aromatic carbocycles. The minimum Gasteiger partial charge on any atom is -0.353 e. The summed E-state index contributed by atoms with van der Waals surface area (Å²) >= 11 is 7.49. The van der Waals surface area contributed by atoms with Crippen molar-refractivity contribution in [2.45, 2.75) is 6.42 Å². The van der Waals surface area contributed by atoms with Crippen molar-refractivity contribution in [1.82, 2.24) is 14.9 Å². The zero-order chi connectivity index (χ0) is 18.6. The van der Waals surface area contributed by atoms with Crippen LogP contribution >= 0.6 is 22.9 Å². The van der Waals surface area contributed by atoms with Gasteiger partial charge < -0.3 is 9.80 Å². The Hall–Kier alpha value is -2.44. The molecule has 0 radical (unpaired) electrons. The number of carbonyl (C=O) groups is 1. The first-order valence-electron chi connectivity index (χ1n) is 8.83. The number of thiazole rings is 1. The molecule has 0 spiro atoms. The lowest BCUT2D eigenvalue weighted by molar-refractivity contribution is -0.130. The first-order chi connectivity index (χ1) is 13.2. The van der Waals surface area contributed by atoms with E-state index in [1.54, 1.807) is 17.5 Å². The Morgan fingerprint density at radius 2 is 1.85 bits per heavy atom. The smallest absolute Gasteiger partial charge is 0.228 e. The fourth-order valence-corrected chi connectivity index (χ4v) is 4.06. The topological polar surface area (TPSA) is 49.3 Å². The Labute approximate surface area is 167 Å². The Morgan fingerprint density at radius 3 is 2.56 bits per heavy atom. The van der Waals surface area contributed by atoms with Gasteiger partial charge in [-0.1, -0.05) is 29.8 Å². The van der Waals surface area contributed by atoms with Gasteiger partial charge in [0.2, 0.25) is 5.91 Å². The standard InChI is InChI=1S/C20H19ClN4OS/c21-16-6-4-15(5-7-16)20-23-17(14-27-20)13-19(26)25-11-9-24(10-12-25)18-3-1-2-8-22-18/h1-8,14H,9-13H2. The summed E-state index contributed by atoms with van der Waals surface area (Å²) in [6, 6.07) is 13.5. The lowest BCUT2D eigenvalue weighted by Gasteiger charge is -2.35. The highest BCUT2D eigenvalue weighted by Crippen LogP contribution is 2.25. The van der Waals surface area contributed by atoms with E-state index in [-0.39, 0.29) is 5.91 Å². The van der Waals surface area contributed by atoms with E-state index in [1.807, 2.05) is 52.7 Å². The largest absolute Gasteiger partial charge is 0.353 e. The zero-order valence-corrected chi connectivity index (χ0v) is 16.3. The fourth-order valence-electron chi connectivity index (χ4n) is 3.11. The monoisotopic (exact) mass is 398 g/mol. The fraction of sp³-hybridized carbons (Fsp3) is 0.250. The summed E-state index contributed by atoms with van der Waals surface area (Å²) < 4.78 is 0. The Balaban J connectivity index is 1.34. The lowest BCUT2D eigenvalue weighted by atomic mass is 10.2. The number of nitrogens with zero attached hydrogens (tertiary/aromatic N) is 4. The second-order valence-electron chi connectivity index (χ2n) is 6.38. The SMILES string of the molecule is O=C(Cc1csc(-c2ccc(Cl)cc2)n1)N1CCN(c2ccccn2)CC1. The van der Waals surface area contributed by atoms with Crippen LogP contribution in [0.1, 0.15) is 5.69 Å². The molecule has 7 heteroatoms. The van der Waals surface area contributed by atoms with Gasteiger partial charge in [-0.15, -0.1) is 11.3 Å². The molecule has 0 aliphatic carbocycles. The highest BCUT2D eigenvalue weighted by Gasteiger charge is 2.22. The first-order valence-corrected chi connectivity index (χ1v) is 10.1. The predicted octanol–water partition coefficient (Wildman–Crippen LogP) is 3.75. The molecule has 0 bridgehead atoms. The van der Waals surface area contributed by atoms with Gasteiger partial charge in [0.15, 0.2) is 0 Å². The zero-order valence-electron chi connectivity index (χ0n) is 14.7. The van der Waals surface area contributed by atoms with Crippen LogP contribution in [0.4, 0.5) is 5.82 Å². The van der Waals surface area contributed by atoms with Crippen LogP contribution < -0.4 is 4.90 Å². The van der Waals surface area contributed by atoms with E-state index in [4.69, 9.17) is 11.6 Å². The summed E-state index contributed by atoms with van der Waals surface area (Å²) in [5.74, 6) is 1.10. The number of anilines is 1. The Bertz CT molecular complexity index is 905. The van der Waals surface area contributed by atoms with E-state index in [9.17, 15) is 4.79 Å². The first kappa shape index (κ1) is 17.9. The maximum atomic E-state index is 12.6. The van der Waals surface area contributed by atoms with E-state index in [0.29, 0.717) is 24.5 Å². The van der Waals surface area contributed by atoms with Gasteiger partial charge in [0.05, 0.1) is 12.1 Å². The normalized spacial score (nSPS) is 14.4. The summed E-state index contributed by atoms with van der Waals surface area (Å²) in [6.45, 7) is 3.03. The van der Waals surface area contributed by atoms with Crippen molar-refractivity contribution < 1.29 is 4.79 Å². The number of aromatic nitrogens is 2. The van der Waals surface area contributed by atoms with Gasteiger partial charge in [-0.25, -0.2) is 9.97 Å². The quantitative estimate of drug-likeness (QED) is 0.671. The van der Waals surface area contributed by atoms with Crippen LogP contribution in [0.2, 0.25) is 5.02 Å². The maximum absolute atomic E-state index is 12.6. The predicted molar refractivity (Wildman–Crippen MR) is 109 cm³/mol. The molecule has 0 unspecified atom stereocenters. The molecule has 4 rings (SSSR count). The number of amides is 1. The molecule has 1 aliphatic heterocycles. The van der Waals surface area contributed by atoms with Crippen molar-refractivity contribution in [3.8, 4) is 10.6 Å². The molecular weight excluding hydrogens is 380 g/mol. The molecule has 0 saturated carbocycles. The third-order valence-corrected chi connectivity index (χ3v) is 5.77. The van der Waals surface area contributed by atoms with Crippen molar-refractivity contribution in [3.63, 3.8) is 0 Å². The third kappa shape index (κ3) is 4.28. The van der Waals surface area contributed by atoms with Crippen molar-refractivity contribution >= 4 is 34.7 Å². The number of carbonyl (C=O) groups excluding carboxylic acids is 1. The second-order valence-corrected chi connectivity index (χ2v) is 7.68. The lowest BCUT2D eigenvalue weighted by Crippen LogP contribution is -2.49. The van der Waals surface area contributed by atoms with E-state index in [1.165, 1.54) is 0 Å². The average Bonchev–Trinajstić information content (AvgIpc) is 3.18. The number of piperazine rings is 1. The van der Waals surface area contributed by atoms with Gasteiger partial charge >= 0.3 is 0 Å². The molecule has 27 heavy (non-hydrogen) atoms. The molecule has 0 N–H and O–H groups in total. The van der Waals surface area contributed by atoms with Crippen LogP contribution in [0.25, 0.3) is 10.6 Å². The molecule has 1 aliphatic rings. The molecule has 1 fully saturated rings. The van der Waals surface area contributed by atoms with Gasteiger partial charge in [0.1, 0.15) is 10.8 Å². The van der Waals surface area contributed by atoms with Crippen LogP contribution in [0.15, 0.2) is 54.0 Å². The molecule has 1 saturated heterocycles. The Kier molecular flexibility index (Phi) is 5.36. The van der Waals surface area contributed by atoms with Crippen molar-refractivity contribution in [2.75, 3.05) is 31.1 Å². The molecule has 2 aromatic heterocycles. The van der Waals surface area contributed by atoms with Gasteiger partial charge in [0.25, 0.3) is 0 Å². The van der Waals surface area contributed by atoms with E-state index in [0.717, 1.165) is 35.2 Å². The average molecular weight is 399 g/mol. The third-order valence-electron chi connectivity index (χ3n) is 4.58. The van der Waals surface area contributed by atoms with Crippen LogP contribution in [-0.4, -0.2) is 47.0 Å². The minimum atomic E-state index is 0.128. The number of hydrogen-bond acceptors (Lipinski definition) is 5. The van der Waals surface area contributed by atoms with Gasteiger partial charge in [0, 0.05) is 48.3 Å². The highest BCUT2D eigenvalue weighted by molar-refractivity contribution is 7.13. The van der Waals surface area contributed by atoms with Crippen molar-refractivity contribution in [2.24, 2.45) is 0 Å². The number of rotatable bonds is 4. The molecule has 1 amide bonds. The van der Waals surface area contributed by atoms with Crippen LogP contribution in [0, 0.1) is 0 Å². The number of pyridine rings is 1. The van der Waals surface area contributed by atoms with Crippen molar-refractivity contribution in [1.29, 1.82) is 0 Å². The van der Waals surface area contributed by atoms with Gasteiger partial charge in [-0.3, -0.25) is 4.79 Å². The van der Waals surface area contributed by atoms with Crippen molar-refractivity contribution in [3.05, 3.63) is 64.8 Å².